The van der Waals surface area contributed by atoms with Crippen LogP contribution in [-0.4, -0.2) is 43.9 Å². The zero-order chi connectivity index (χ0) is 18.5. The van der Waals surface area contributed by atoms with E-state index in [0.29, 0.717) is 6.04 Å². The molecule has 1 N–H and O–H groups in total. The van der Waals surface area contributed by atoms with E-state index in [9.17, 15) is 4.79 Å². The average molecular weight is 367 g/mol. The minimum atomic E-state index is -0.0169. The van der Waals surface area contributed by atoms with Gasteiger partial charge in [0.15, 0.2) is 0 Å². The number of ether oxygens (including phenoxy) is 1. The molecule has 2 aliphatic heterocycles. The van der Waals surface area contributed by atoms with Gasteiger partial charge in [-0.05, 0) is 24.8 Å². The van der Waals surface area contributed by atoms with Crippen LogP contribution in [0.1, 0.15) is 31.2 Å². The number of pyridine rings is 1. The normalized spacial score (nSPS) is 21.1. The third-order valence-electron chi connectivity index (χ3n) is 5.69. The first kappa shape index (κ1) is 18.1. The highest BCUT2D eigenvalue weighted by Crippen LogP contribution is 2.27. The van der Waals surface area contributed by atoms with Gasteiger partial charge in [-0.2, -0.15) is 0 Å². The van der Waals surface area contributed by atoms with E-state index in [1.165, 1.54) is 31.2 Å². The molecule has 2 saturated heterocycles. The number of hydrogen-bond acceptors (Lipinski definition) is 4. The van der Waals surface area contributed by atoms with Gasteiger partial charge in [-0.3, -0.25) is 4.79 Å². The summed E-state index contributed by atoms with van der Waals surface area (Å²) in [7, 11) is 0. The molecule has 2 fully saturated rings. The Balaban J connectivity index is 1.61. The third-order valence-corrected chi connectivity index (χ3v) is 5.69. The summed E-state index contributed by atoms with van der Waals surface area (Å²) >= 11 is 0. The minimum Gasteiger partial charge on any atom is -0.378 e. The van der Waals surface area contributed by atoms with Crippen LogP contribution in [0.15, 0.2) is 47.3 Å². The van der Waals surface area contributed by atoms with E-state index in [1.54, 1.807) is 6.07 Å². The molecule has 0 aliphatic carbocycles. The van der Waals surface area contributed by atoms with E-state index in [4.69, 9.17) is 4.74 Å². The molecule has 5 nitrogen and oxygen atoms in total. The smallest absolute Gasteiger partial charge is 0.251 e. The number of rotatable bonds is 4. The second-order valence-corrected chi connectivity index (χ2v) is 7.57. The first-order valence-electron chi connectivity index (χ1n) is 10.2. The predicted molar refractivity (Wildman–Crippen MR) is 110 cm³/mol. The maximum atomic E-state index is 12.4. The van der Waals surface area contributed by atoms with Crippen LogP contribution in [0, 0.1) is 0 Å². The first-order valence-corrected chi connectivity index (χ1v) is 10.2. The molecule has 0 bridgehead atoms. The highest BCUT2D eigenvalue weighted by molar-refractivity contribution is 5.56. The maximum Gasteiger partial charge on any atom is 0.251 e. The molecule has 27 heavy (non-hydrogen) atoms. The fraction of sp³-hybridized carbons (Fsp3) is 0.500. The molecule has 1 aromatic heterocycles. The lowest BCUT2D eigenvalue weighted by Crippen LogP contribution is -2.39. The number of anilines is 2. The monoisotopic (exact) mass is 367 g/mol. The molecule has 1 aromatic carbocycles. The van der Waals surface area contributed by atoms with Crippen molar-refractivity contribution in [3.05, 3.63) is 58.4 Å². The second-order valence-electron chi connectivity index (χ2n) is 7.57. The lowest BCUT2D eigenvalue weighted by molar-refractivity contribution is 0.122. The molecule has 0 radical (unpaired) electrons. The number of morpholine rings is 1. The van der Waals surface area contributed by atoms with Crippen molar-refractivity contribution in [1.29, 1.82) is 0 Å². The molecule has 0 amide bonds. The largest absolute Gasteiger partial charge is 0.378 e. The Morgan fingerprint density at radius 2 is 1.81 bits per heavy atom. The van der Waals surface area contributed by atoms with E-state index in [-0.39, 0.29) is 5.56 Å². The highest BCUT2D eigenvalue weighted by Gasteiger charge is 2.23. The van der Waals surface area contributed by atoms with Crippen LogP contribution in [0.4, 0.5) is 11.5 Å². The summed E-state index contributed by atoms with van der Waals surface area (Å²) in [6.45, 7) is 4.14. The molecule has 0 spiro atoms. The van der Waals surface area contributed by atoms with Crippen molar-refractivity contribution in [3.63, 3.8) is 0 Å². The third kappa shape index (κ3) is 4.53. The number of aromatic amines is 1. The summed E-state index contributed by atoms with van der Waals surface area (Å²) in [5.74, 6) is 0.965. The molecular formula is C22H29N3O2. The Morgan fingerprint density at radius 3 is 2.63 bits per heavy atom. The summed E-state index contributed by atoms with van der Waals surface area (Å²) in [6.07, 6.45) is 5.87. The highest BCUT2D eigenvalue weighted by atomic mass is 16.5. The molecule has 2 aromatic rings. The Kier molecular flexibility index (Phi) is 5.78. The van der Waals surface area contributed by atoms with Gasteiger partial charge in [0, 0.05) is 43.5 Å². The van der Waals surface area contributed by atoms with Crippen LogP contribution >= 0.6 is 0 Å². The molecule has 4 rings (SSSR count). The van der Waals surface area contributed by atoms with Crippen LogP contribution in [0.5, 0.6) is 0 Å². The fourth-order valence-corrected chi connectivity index (χ4v) is 4.27. The lowest BCUT2D eigenvalue weighted by Gasteiger charge is -2.34. The van der Waals surface area contributed by atoms with Gasteiger partial charge in [-0.1, -0.05) is 43.2 Å². The lowest BCUT2D eigenvalue weighted by atomic mass is 10.0. The van der Waals surface area contributed by atoms with E-state index in [2.05, 4.69) is 51.2 Å². The molecule has 2 aliphatic rings. The van der Waals surface area contributed by atoms with Crippen molar-refractivity contribution in [2.75, 3.05) is 42.6 Å². The van der Waals surface area contributed by atoms with Gasteiger partial charge < -0.3 is 19.5 Å². The number of nitrogens with one attached hydrogen (secondary N) is 1. The Morgan fingerprint density at radius 1 is 1.00 bits per heavy atom. The van der Waals surface area contributed by atoms with Gasteiger partial charge in [0.05, 0.1) is 13.2 Å². The predicted octanol–water partition coefficient (Wildman–Crippen LogP) is 3.20. The van der Waals surface area contributed by atoms with Crippen molar-refractivity contribution in [1.82, 2.24) is 4.98 Å². The van der Waals surface area contributed by atoms with Crippen molar-refractivity contribution in [3.8, 4) is 0 Å². The van der Waals surface area contributed by atoms with Crippen LogP contribution in [0.3, 0.4) is 0 Å². The van der Waals surface area contributed by atoms with Gasteiger partial charge >= 0.3 is 0 Å². The Hall–Kier alpha value is -2.27. The minimum absolute atomic E-state index is 0.0169. The SMILES string of the molecule is O=c1cc(N2CCOCC2)cc(N2CCCCC[C@H]2Cc2ccccc2)[nH]1. The summed E-state index contributed by atoms with van der Waals surface area (Å²) in [4.78, 5) is 20.2. The number of hydrogen-bond donors (Lipinski definition) is 1. The second kappa shape index (κ2) is 8.61. The van der Waals surface area contributed by atoms with Crippen LogP contribution in [-0.2, 0) is 11.2 Å². The average Bonchev–Trinajstić information content (AvgIpc) is 2.94. The molecule has 144 valence electrons. The fourth-order valence-electron chi connectivity index (χ4n) is 4.27. The number of nitrogens with zero attached hydrogens (tertiary/aromatic N) is 2. The van der Waals surface area contributed by atoms with Gasteiger partial charge in [-0.25, -0.2) is 0 Å². The van der Waals surface area contributed by atoms with E-state index in [1.807, 2.05) is 0 Å². The molecule has 3 heterocycles. The Labute approximate surface area is 161 Å². The first-order chi connectivity index (χ1) is 13.3. The molecule has 5 heteroatoms. The molecular weight excluding hydrogens is 338 g/mol. The summed E-state index contributed by atoms with van der Waals surface area (Å²) in [6, 6.07) is 15.0. The molecule has 0 unspecified atom stereocenters. The molecule has 0 saturated carbocycles. The van der Waals surface area contributed by atoms with E-state index >= 15 is 0 Å². The van der Waals surface area contributed by atoms with Crippen LogP contribution < -0.4 is 15.4 Å². The quantitative estimate of drug-likeness (QED) is 0.902. The van der Waals surface area contributed by atoms with Crippen molar-refractivity contribution >= 4 is 11.5 Å². The van der Waals surface area contributed by atoms with Crippen molar-refractivity contribution in [2.24, 2.45) is 0 Å². The standard InChI is InChI=1S/C22H29N3O2/c26-22-17-20(24-11-13-27-14-12-24)16-21(23-22)25-10-6-2-5-9-19(25)15-18-7-3-1-4-8-18/h1,3-4,7-8,16-17,19H,2,5-6,9-15H2,(H,23,26)/t19-/m0/s1. The summed E-state index contributed by atoms with van der Waals surface area (Å²) < 4.78 is 5.46. The van der Waals surface area contributed by atoms with E-state index in [0.717, 1.165) is 50.8 Å². The summed E-state index contributed by atoms with van der Waals surface area (Å²) in [5.41, 5.74) is 2.36. The van der Waals surface area contributed by atoms with Crippen molar-refractivity contribution < 1.29 is 4.74 Å². The number of H-pyrrole nitrogens is 1. The van der Waals surface area contributed by atoms with Gasteiger partial charge in [0.1, 0.15) is 5.82 Å². The van der Waals surface area contributed by atoms with Gasteiger partial charge in [0.2, 0.25) is 0 Å². The molecule has 1 atom stereocenters. The maximum absolute atomic E-state index is 12.4. The van der Waals surface area contributed by atoms with Crippen molar-refractivity contribution in [2.45, 2.75) is 38.1 Å². The van der Waals surface area contributed by atoms with E-state index < -0.39 is 0 Å². The van der Waals surface area contributed by atoms with Crippen LogP contribution in [0.2, 0.25) is 0 Å². The zero-order valence-electron chi connectivity index (χ0n) is 15.9. The van der Waals surface area contributed by atoms with Crippen LogP contribution in [0.25, 0.3) is 0 Å². The number of aromatic nitrogens is 1. The summed E-state index contributed by atoms with van der Waals surface area (Å²) in [5, 5.41) is 0. The van der Waals surface area contributed by atoms with Gasteiger partial charge in [0.25, 0.3) is 5.56 Å². The zero-order valence-corrected chi connectivity index (χ0v) is 15.9. The topological polar surface area (TPSA) is 48.6 Å². The Bertz CT molecular complexity index is 784. The number of benzene rings is 1. The van der Waals surface area contributed by atoms with Gasteiger partial charge in [-0.15, -0.1) is 0 Å².